The van der Waals surface area contributed by atoms with Crippen LogP contribution in [-0.4, -0.2) is 31.2 Å². The third kappa shape index (κ3) is 4.60. The van der Waals surface area contributed by atoms with E-state index in [9.17, 15) is 0 Å². The van der Waals surface area contributed by atoms with Gasteiger partial charge >= 0.3 is 0 Å². The summed E-state index contributed by atoms with van der Waals surface area (Å²) in [6, 6.07) is 0.620. The molecule has 3 heteroatoms. The maximum atomic E-state index is 5.58. The van der Waals surface area contributed by atoms with E-state index in [0.717, 1.165) is 19.0 Å². The molecule has 2 unspecified atom stereocenters. The Hall–Kier alpha value is -0.120. The number of rotatable bonds is 3. The van der Waals surface area contributed by atoms with Crippen LogP contribution in [0.15, 0.2) is 0 Å². The fraction of sp³-hybridized carbons (Fsp3) is 1.00. The van der Waals surface area contributed by atoms with Gasteiger partial charge in [0.2, 0.25) is 0 Å². The molecule has 1 fully saturated rings. The van der Waals surface area contributed by atoms with Gasteiger partial charge in [0, 0.05) is 19.6 Å². The molecule has 1 saturated heterocycles. The minimum Gasteiger partial charge on any atom is -0.312 e. The van der Waals surface area contributed by atoms with Gasteiger partial charge in [-0.15, -0.1) is 0 Å². The maximum Gasteiger partial charge on any atom is 0.0282 e. The summed E-state index contributed by atoms with van der Waals surface area (Å²) in [6.07, 6.45) is 2.58. The average molecular weight is 187 g/mol. The van der Waals surface area contributed by atoms with Gasteiger partial charge in [0.15, 0.2) is 0 Å². The molecule has 80 valence electrons. The molecule has 2 atom stereocenters. The zero-order valence-corrected chi connectivity index (χ0v) is 9.51. The van der Waals surface area contributed by atoms with Crippen molar-refractivity contribution in [2.45, 2.75) is 39.7 Å². The summed E-state index contributed by atoms with van der Waals surface area (Å²) in [7, 11) is 1.92. The van der Waals surface area contributed by atoms with Crippen molar-refractivity contribution < 1.29 is 0 Å². The van der Waals surface area contributed by atoms with Gasteiger partial charge in [-0.3, -0.25) is 5.84 Å². The summed E-state index contributed by atoms with van der Waals surface area (Å²) in [6.45, 7) is 8.39. The van der Waals surface area contributed by atoms with Crippen LogP contribution in [0, 0.1) is 5.92 Å². The molecule has 0 saturated carbocycles. The van der Waals surface area contributed by atoms with Crippen molar-refractivity contribution in [3.63, 3.8) is 0 Å². The number of nitrogens with one attached hydrogen (secondary N) is 1. The second-order valence-corrected chi connectivity index (χ2v) is 3.46. The zero-order valence-electron chi connectivity index (χ0n) is 9.51. The quantitative estimate of drug-likeness (QED) is 0.515. The van der Waals surface area contributed by atoms with Crippen molar-refractivity contribution in [3.05, 3.63) is 0 Å². The van der Waals surface area contributed by atoms with Gasteiger partial charge in [0.05, 0.1) is 0 Å². The van der Waals surface area contributed by atoms with Crippen LogP contribution in [0.1, 0.15) is 33.6 Å². The molecule has 1 rings (SSSR count). The van der Waals surface area contributed by atoms with E-state index in [2.05, 4.69) is 12.2 Å². The van der Waals surface area contributed by atoms with E-state index in [0.29, 0.717) is 6.04 Å². The number of hydrogen-bond acceptors (Lipinski definition) is 3. The number of hydrogen-bond donors (Lipinski definition) is 2. The van der Waals surface area contributed by atoms with Crippen molar-refractivity contribution in [1.29, 1.82) is 0 Å². The summed E-state index contributed by atoms with van der Waals surface area (Å²) >= 11 is 0. The number of nitrogens with zero attached hydrogens (tertiary/aromatic N) is 1. The van der Waals surface area contributed by atoms with Crippen LogP contribution in [0.5, 0.6) is 0 Å². The van der Waals surface area contributed by atoms with Crippen molar-refractivity contribution >= 4 is 0 Å². The lowest BCUT2D eigenvalue weighted by Gasteiger charge is -2.21. The minimum absolute atomic E-state index is 0.620. The second-order valence-electron chi connectivity index (χ2n) is 3.46. The summed E-state index contributed by atoms with van der Waals surface area (Å²) in [4.78, 5) is 0. The van der Waals surface area contributed by atoms with Gasteiger partial charge in [0.1, 0.15) is 0 Å². The molecule has 0 aromatic carbocycles. The molecule has 0 spiro atoms. The molecule has 3 nitrogen and oxygen atoms in total. The lowest BCUT2D eigenvalue weighted by molar-refractivity contribution is 0.276. The van der Waals surface area contributed by atoms with E-state index in [1.165, 1.54) is 12.8 Å². The Bertz CT molecular complexity index is 115. The van der Waals surface area contributed by atoms with E-state index < -0.39 is 0 Å². The van der Waals surface area contributed by atoms with Crippen molar-refractivity contribution in [3.8, 4) is 0 Å². The summed E-state index contributed by atoms with van der Waals surface area (Å²) < 4.78 is 0. The van der Waals surface area contributed by atoms with E-state index in [4.69, 9.17) is 5.84 Å². The van der Waals surface area contributed by atoms with Crippen LogP contribution in [0.4, 0.5) is 0 Å². The molecule has 0 bridgehead atoms. The molecule has 0 aliphatic carbocycles. The highest BCUT2D eigenvalue weighted by Crippen LogP contribution is 2.18. The molecule has 0 aromatic rings. The van der Waals surface area contributed by atoms with Crippen LogP contribution in [0.25, 0.3) is 0 Å². The van der Waals surface area contributed by atoms with E-state index in [-0.39, 0.29) is 0 Å². The van der Waals surface area contributed by atoms with Gasteiger partial charge in [-0.05, 0) is 18.9 Å². The van der Waals surface area contributed by atoms with Crippen LogP contribution in [0.2, 0.25) is 0 Å². The SMILES string of the molecule is CC.CCC1CCNC1CN(C)N. The van der Waals surface area contributed by atoms with E-state index in [1.54, 1.807) is 5.01 Å². The fourth-order valence-corrected chi connectivity index (χ4v) is 1.83. The monoisotopic (exact) mass is 187 g/mol. The van der Waals surface area contributed by atoms with E-state index >= 15 is 0 Å². The summed E-state index contributed by atoms with van der Waals surface area (Å²) in [5, 5.41) is 5.24. The standard InChI is InChI=1S/C8H19N3.C2H6/c1-3-7-4-5-10-8(7)6-11(2)9;1-2/h7-8,10H,3-6,9H2,1-2H3;1-2H3. The Labute approximate surface area is 82.6 Å². The fourth-order valence-electron chi connectivity index (χ4n) is 1.83. The highest BCUT2D eigenvalue weighted by atomic mass is 15.4. The molecule has 3 N–H and O–H groups in total. The molecule has 0 aromatic heterocycles. The van der Waals surface area contributed by atoms with Gasteiger partial charge in [-0.25, -0.2) is 5.01 Å². The van der Waals surface area contributed by atoms with Crippen molar-refractivity contribution in [2.24, 2.45) is 11.8 Å². The first-order chi connectivity index (χ1) is 6.24. The average Bonchev–Trinajstić information content (AvgIpc) is 2.54. The second kappa shape index (κ2) is 7.30. The number of likely N-dealkylation sites (N-methyl/N-ethyl adjacent to an activating group) is 1. The largest absolute Gasteiger partial charge is 0.312 e. The van der Waals surface area contributed by atoms with Gasteiger partial charge < -0.3 is 5.32 Å². The van der Waals surface area contributed by atoms with Crippen LogP contribution in [-0.2, 0) is 0 Å². The topological polar surface area (TPSA) is 41.3 Å². The molecule has 0 radical (unpaired) electrons. The summed E-state index contributed by atoms with van der Waals surface area (Å²) in [5.41, 5.74) is 0. The molecule has 1 aliphatic heterocycles. The van der Waals surface area contributed by atoms with Crippen LogP contribution in [0.3, 0.4) is 0 Å². The Balaban J connectivity index is 0.000000671. The molecule has 0 amide bonds. The van der Waals surface area contributed by atoms with Crippen molar-refractivity contribution in [2.75, 3.05) is 20.1 Å². The molecule has 1 heterocycles. The molecule has 13 heavy (non-hydrogen) atoms. The van der Waals surface area contributed by atoms with Crippen LogP contribution < -0.4 is 11.2 Å². The third-order valence-electron chi connectivity index (χ3n) is 2.50. The predicted octanol–water partition coefficient (Wildman–Crippen LogP) is 1.21. The van der Waals surface area contributed by atoms with Gasteiger partial charge in [-0.1, -0.05) is 27.2 Å². The Kier molecular flexibility index (Phi) is 7.23. The third-order valence-corrected chi connectivity index (χ3v) is 2.50. The maximum absolute atomic E-state index is 5.58. The highest BCUT2D eigenvalue weighted by molar-refractivity contribution is 4.83. The van der Waals surface area contributed by atoms with Gasteiger partial charge in [-0.2, -0.15) is 0 Å². The number of hydrazine groups is 1. The Morgan fingerprint density at radius 2 is 2.08 bits per heavy atom. The lowest BCUT2D eigenvalue weighted by Crippen LogP contribution is -2.41. The zero-order chi connectivity index (χ0) is 10.3. The normalized spacial score (nSPS) is 27.2. The first-order valence-electron chi connectivity index (χ1n) is 5.43. The molecule has 1 aliphatic rings. The summed E-state index contributed by atoms with van der Waals surface area (Å²) in [5.74, 6) is 6.42. The Morgan fingerprint density at radius 1 is 1.46 bits per heavy atom. The first-order valence-corrected chi connectivity index (χ1v) is 5.43. The molecular weight excluding hydrogens is 162 g/mol. The predicted molar refractivity (Wildman–Crippen MR) is 58.4 cm³/mol. The smallest absolute Gasteiger partial charge is 0.0282 e. The van der Waals surface area contributed by atoms with Crippen LogP contribution >= 0.6 is 0 Å². The van der Waals surface area contributed by atoms with Crippen molar-refractivity contribution in [1.82, 2.24) is 10.3 Å². The van der Waals surface area contributed by atoms with Gasteiger partial charge in [0.25, 0.3) is 0 Å². The molecular formula is C10H25N3. The number of nitrogens with two attached hydrogens (primary N) is 1. The Morgan fingerprint density at radius 3 is 2.54 bits per heavy atom. The highest BCUT2D eigenvalue weighted by Gasteiger charge is 2.25. The van der Waals surface area contributed by atoms with E-state index in [1.807, 2.05) is 20.9 Å². The first kappa shape index (κ1) is 12.9. The lowest BCUT2D eigenvalue weighted by atomic mass is 9.98. The minimum atomic E-state index is 0.620.